The van der Waals surface area contributed by atoms with E-state index in [4.69, 9.17) is 4.74 Å². The Labute approximate surface area is 113 Å². The molecule has 4 nitrogen and oxygen atoms in total. The summed E-state index contributed by atoms with van der Waals surface area (Å²) in [7, 11) is 0. The van der Waals surface area contributed by atoms with E-state index in [-0.39, 0.29) is 5.97 Å². The Hall–Kier alpha value is -1.97. The molecule has 0 saturated carbocycles. The van der Waals surface area contributed by atoms with Crippen molar-refractivity contribution in [2.45, 2.75) is 33.2 Å². The van der Waals surface area contributed by atoms with Crippen molar-refractivity contribution in [3.63, 3.8) is 0 Å². The number of rotatable bonds is 4. The van der Waals surface area contributed by atoms with Crippen LogP contribution in [0.2, 0.25) is 0 Å². The number of aromatic amines is 1. The fourth-order valence-electron chi connectivity index (χ4n) is 2.11. The molecule has 2 aromatic rings. The summed E-state index contributed by atoms with van der Waals surface area (Å²) in [5.74, 6) is -0.250. The van der Waals surface area contributed by atoms with Gasteiger partial charge in [0.25, 0.3) is 0 Å². The first-order chi connectivity index (χ1) is 8.95. The highest BCUT2D eigenvalue weighted by Gasteiger charge is 2.30. The number of ether oxygens (including phenoxy) is 1. The molecule has 1 heterocycles. The molecule has 0 spiro atoms. The number of esters is 1. The lowest BCUT2D eigenvalue weighted by Crippen LogP contribution is -2.41. The van der Waals surface area contributed by atoms with Crippen molar-refractivity contribution in [1.29, 1.82) is 0 Å². The number of anilines is 1. The van der Waals surface area contributed by atoms with E-state index in [0.29, 0.717) is 6.61 Å². The van der Waals surface area contributed by atoms with Gasteiger partial charge in [-0.15, -0.1) is 0 Å². The molecule has 0 fully saturated rings. The first kappa shape index (κ1) is 13.5. The van der Waals surface area contributed by atoms with Gasteiger partial charge in [-0.2, -0.15) is 0 Å². The van der Waals surface area contributed by atoms with Gasteiger partial charge >= 0.3 is 5.97 Å². The molecule has 0 bridgehead atoms. The van der Waals surface area contributed by atoms with E-state index in [0.717, 1.165) is 22.3 Å². The molecule has 1 aromatic heterocycles. The predicted molar refractivity (Wildman–Crippen MR) is 77.4 cm³/mol. The zero-order valence-corrected chi connectivity index (χ0v) is 11.8. The highest BCUT2D eigenvalue weighted by Crippen LogP contribution is 2.29. The van der Waals surface area contributed by atoms with Crippen LogP contribution < -0.4 is 5.32 Å². The van der Waals surface area contributed by atoms with Gasteiger partial charge in [0, 0.05) is 16.6 Å². The highest BCUT2D eigenvalue weighted by molar-refractivity contribution is 5.96. The maximum Gasteiger partial charge on any atom is 0.331 e. The first-order valence-corrected chi connectivity index (χ1v) is 6.48. The maximum absolute atomic E-state index is 11.9. The van der Waals surface area contributed by atoms with Crippen LogP contribution in [0.25, 0.3) is 10.9 Å². The molecule has 2 rings (SSSR count). The first-order valence-electron chi connectivity index (χ1n) is 6.48. The third-order valence-corrected chi connectivity index (χ3v) is 3.12. The van der Waals surface area contributed by atoms with Crippen molar-refractivity contribution in [1.82, 2.24) is 4.98 Å². The van der Waals surface area contributed by atoms with Crippen molar-refractivity contribution >= 4 is 22.6 Å². The summed E-state index contributed by atoms with van der Waals surface area (Å²) in [4.78, 5) is 15.2. The number of carbonyl (C=O) groups excluding carboxylic acids is 1. The molecule has 0 aliphatic heterocycles. The van der Waals surface area contributed by atoms with E-state index < -0.39 is 5.54 Å². The SMILES string of the molecule is CCOC(=O)C(C)(C)Nc1c(C)[nH]c2ccccc12. The van der Waals surface area contributed by atoms with E-state index in [9.17, 15) is 4.79 Å². The van der Waals surface area contributed by atoms with Crippen molar-refractivity contribution in [2.75, 3.05) is 11.9 Å². The molecule has 4 heteroatoms. The number of hydrogen-bond donors (Lipinski definition) is 2. The topological polar surface area (TPSA) is 54.1 Å². The number of fused-ring (bicyclic) bond motifs is 1. The summed E-state index contributed by atoms with van der Waals surface area (Å²) in [5.41, 5.74) is 2.26. The Bertz CT molecular complexity index is 599. The van der Waals surface area contributed by atoms with Crippen molar-refractivity contribution < 1.29 is 9.53 Å². The zero-order chi connectivity index (χ0) is 14.0. The molecule has 102 valence electrons. The maximum atomic E-state index is 11.9. The summed E-state index contributed by atoms with van der Waals surface area (Å²) in [6, 6.07) is 8.02. The number of benzene rings is 1. The van der Waals surface area contributed by atoms with E-state index >= 15 is 0 Å². The third kappa shape index (κ3) is 2.57. The van der Waals surface area contributed by atoms with Crippen molar-refractivity contribution in [2.24, 2.45) is 0 Å². The smallest absolute Gasteiger partial charge is 0.331 e. The van der Waals surface area contributed by atoms with Gasteiger partial charge in [0.05, 0.1) is 12.3 Å². The molecule has 0 amide bonds. The van der Waals surface area contributed by atoms with Crippen molar-refractivity contribution in [3.05, 3.63) is 30.0 Å². The molecule has 0 unspecified atom stereocenters. The van der Waals surface area contributed by atoms with Gasteiger partial charge in [0.2, 0.25) is 0 Å². The average molecular weight is 260 g/mol. The number of H-pyrrole nitrogens is 1. The Balaban J connectivity index is 2.35. The summed E-state index contributed by atoms with van der Waals surface area (Å²) < 4.78 is 5.10. The van der Waals surface area contributed by atoms with Gasteiger partial charge in [-0.05, 0) is 33.8 Å². The van der Waals surface area contributed by atoms with Crippen LogP contribution in [0.4, 0.5) is 5.69 Å². The summed E-state index contributed by atoms with van der Waals surface area (Å²) in [5, 5.41) is 4.37. The van der Waals surface area contributed by atoms with Gasteiger partial charge in [-0.1, -0.05) is 18.2 Å². The fraction of sp³-hybridized carbons (Fsp3) is 0.400. The van der Waals surface area contributed by atoms with Crippen LogP contribution in [0.5, 0.6) is 0 Å². The number of nitrogens with one attached hydrogen (secondary N) is 2. The summed E-state index contributed by atoms with van der Waals surface area (Å²) >= 11 is 0. The normalized spacial score (nSPS) is 11.6. The van der Waals surface area contributed by atoms with Crippen LogP contribution >= 0.6 is 0 Å². The lowest BCUT2D eigenvalue weighted by Gasteiger charge is -2.25. The quantitative estimate of drug-likeness (QED) is 0.830. The Kier molecular flexibility index (Phi) is 3.51. The largest absolute Gasteiger partial charge is 0.464 e. The Morgan fingerprint density at radius 2 is 2.05 bits per heavy atom. The van der Waals surface area contributed by atoms with Crippen LogP contribution in [0, 0.1) is 6.92 Å². The molecular formula is C15H20N2O2. The summed E-state index contributed by atoms with van der Waals surface area (Å²) in [6.07, 6.45) is 0. The summed E-state index contributed by atoms with van der Waals surface area (Å²) in [6.45, 7) is 7.84. The minimum absolute atomic E-state index is 0.250. The standard InChI is InChI=1S/C15H20N2O2/c1-5-19-14(18)15(3,4)17-13-10(2)16-12-9-7-6-8-11(12)13/h6-9,16-17H,5H2,1-4H3. The van der Waals surface area contributed by atoms with Crippen LogP contribution in [-0.2, 0) is 9.53 Å². The minimum Gasteiger partial charge on any atom is -0.464 e. The van der Waals surface area contributed by atoms with E-state index in [1.807, 2.05) is 52.0 Å². The number of aromatic nitrogens is 1. The number of hydrogen-bond acceptors (Lipinski definition) is 3. The van der Waals surface area contributed by atoms with Gasteiger partial charge < -0.3 is 15.0 Å². The molecule has 0 atom stereocenters. The predicted octanol–water partition coefficient (Wildman–Crippen LogP) is 3.23. The number of aryl methyl sites for hydroxylation is 1. The molecule has 0 saturated heterocycles. The van der Waals surface area contributed by atoms with Crippen LogP contribution in [0.15, 0.2) is 24.3 Å². The lowest BCUT2D eigenvalue weighted by molar-refractivity contribution is -0.147. The van der Waals surface area contributed by atoms with Gasteiger partial charge in [-0.3, -0.25) is 0 Å². The second-order valence-corrected chi connectivity index (χ2v) is 5.14. The molecular weight excluding hydrogens is 240 g/mol. The third-order valence-electron chi connectivity index (χ3n) is 3.12. The van der Waals surface area contributed by atoms with Crippen LogP contribution in [-0.4, -0.2) is 23.1 Å². The van der Waals surface area contributed by atoms with Crippen LogP contribution in [0.1, 0.15) is 26.5 Å². The Morgan fingerprint density at radius 3 is 2.74 bits per heavy atom. The molecule has 0 radical (unpaired) electrons. The number of carbonyl (C=O) groups is 1. The Morgan fingerprint density at radius 1 is 1.37 bits per heavy atom. The number of para-hydroxylation sites is 1. The van der Waals surface area contributed by atoms with Gasteiger partial charge in [0.15, 0.2) is 0 Å². The van der Waals surface area contributed by atoms with E-state index in [2.05, 4.69) is 10.3 Å². The van der Waals surface area contributed by atoms with Gasteiger partial charge in [-0.25, -0.2) is 4.79 Å². The molecule has 1 aromatic carbocycles. The monoisotopic (exact) mass is 260 g/mol. The van der Waals surface area contributed by atoms with E-state index in [1.165, 1.54) is 0 Å². The zero-order valence-electron chi connectivity index (χ0n) is 11.8. The fourth-order valence-corrected chi connectivity index (χ4v) is 2.11. The minimum atomic E-state index is -0.758. The van der Waals surface area contributed by atoms with Gasteiger partial charge in [0.1, 0.15) is 5.54 Å². The second-order valence-electron chi connectivity index (χ2n) is 5.14. The molecule has 19 heavy (non-hydrogen) atoms. The second kappa shape index (κ2) is 4.96. The molecule has 0 aliphatic carbocycles. The lowest BCUT2D eigenvalue weighted by atomic mass is 10.0. The highest BCUT2D eigenvalue weighted by atomic mass is 16.5. The molecule has 2 N–H and O–H groups in total. The molecule has 0 aliphatic rings. The average Bonchev–Trinajstić information content (AvgIpc) is 2.66. The van der Waals surface area contributed by atoms with Crippen LogP contribution in [0.3, 0.4) is 0 Å². The van der Waals surface area contributed by atoms with Crippen molar-refractivity contribution in [3.8, 4) is 0 Å². The van der Waals surface area contributed by atoms with E-state index in [1.54, 1.807) is 0 Å².